The van der Waals surface area contributed by atoms with Gasteiger partial charge in [0.05, 0.1) is 6.10 Å². The van der Waals surface area contributed by atoms with E-state index in [1.54, 1.807) is 38.1 Å². The number of aliphatic carboxylic acids is 1. The van der Waals surface area contributed by atoms with Gasteiger partial charge in [0.15, 0.2) is 11.5 Å². The lowest BCUT2D eigenvalue weighted by Gasteiger charge is -2.19. The van der Waals surface area contributed by atoms with Crippen LogP contribution in [0.2, 0.25) is 5.02 Å². The molecule has 8 nitrogen and oxygen atoms in total. The van der Waals surface area contributed by atoms with Gasteiger partial charge in [-0.3, -0.25) is 10.1 Å². The monoisotopic (exact) mass is 424 g/mol. The molecule has 0 bridgehead atoms. The van der Waals surface area contributed by atoms with Crippen molar-refractivity contribution in [2.75, 3.05) is 5.32 Å². The largest absolute Gasteiger partial charge is 0.504 e. The molecule has 2 rings (SSSR count). The molecule has 0 fully saturated rings. The molecule has 1 amide bonds. The molecule has 2 aromatic carbocycles. The zero-order valence-electron chi connectivity index (χ0n) is 16.3. The van der Waals surface area contributed by atoms with Crippen molar-refractivity contribution in [3.8, 4) is 11.5 Å². The van der Waals surface area contributed by atoms with Crippen molar-refractivity contribution in [3.05, 3.63) is 53.1 Å². The van der Waals surface area contributed by atoms with Gasteiger partial charge in [0, 0.05) is 17.1 Å². The summed E-state index contributed by atoms with van der Waals surface area (Å²) >= 11 is 5.74. The molecule has 9 heteroatoms. The Bertz CT molecular complexity index is 855. The predicted molar refractivity (Wildman–Crippen MR) is 110 cm³/mol. The normalized spacial score (nSPS) is 12.3. The zero-order valence-corrected chi connectivity index (χ0v) is 17.1. The summed E-state index contributed by atoms with van der Waals surface area (Å²) in [5, 5.41) is 30.2. The Kier molecular flexibility index (Phi) is 8.75. The lowest BCUT2D eigenvalue weighted by molar-refractivity contribution is -0.142. The fraction of sp³-hybridized carbons (Fsp3) is 0.300. The van der Waals surface area contributed by atoms with Crippen LogP contribution < -0.4 is 11.1 Å². The maximum atomic E-state index is 11.2. The molecule has 0 spiro atoms. The number of hydrogen-bond donors (Lipinski definition) is 5. The highest BCUT2D eigenvalue weighted by molar-refractivity contribution is 6.30. The van der Waals surface area contributed by atoms with Gasteiger partial charge in [0.2, 0.25) is 0 Å². The van der Waals surface area contributed by atoms with Crippen LogP contribution in [-0.2, 0) is 16.0 Å². The van der Waals surface area contributed by atoms with E-state index in [4.69, 9.17) is 32.3 Å². The number of benzene rings is 2. The van der Waals surface area contributed by atoms with Crippen LogP contribution in [0.5, 0.6) is 11.5 Å². The number of carbonyl (C=O) groups is 2. The van der Waals surface area contributed by atoms with Crippen LogP contribution in [0.1, 0.15) is 26.3 Å². The van der Waals surface area contributed by atoms with Crippen molar-refractivity contribution in [1.82, 2.24) is 0 Å². The zero-order chi connectivity index (χ0) is 22.2. The number of anilines is 1. The lowest BCUT2D eigenvalue weighted by Crippen LogP contribution is -2.46. The van der Waals surface area contributed by atoms with E-state index in [2.05, 4.69) is 5.32 Å². The van der Waals surface area contributed by atoms with Gasteiger partial charge in [-0.25, -0.2) is 4.79 Å². The Morgan fingerprint density at radius 1 is 1.17 bits per heavy atom. The van der Waals surface area contributed by atoms with Crippen molar-refractivity contribution in [1.29, 1.82) is 0 Å². The number of carboxylic acids is 1. The smallest absolute Gasteiger partial charge is 0.411 e. The summed E-state index contributed by atoms with van der Waals surface area (Å²) in [4.78, 5) is 21.9. The van der Waals surface area contributed by atoms with Crippen molar-refractivity contribution in [2.45, 2.75) is 38.8 Å². The van der Waals surface area contributed by atoms with Gasteiger partial charge < -0.3 is 25.8 Å². The highest BCUT2D eigenvalue weighted by atomic mass is 35.5. The number of ether oxygens (including phenoxy) is 1. The molecule has 0 aromatic heterocycles. The third-order valence-corrected chi connectivity index (χ3v) is 3.75. The Morgan fingerprint density at radius 3 is 2.34 bits per heavy atom. The Hall–Kier alpha value is -2.97. The first kappa shape index (κ1) is 24.1. The predicted octanol–water partition coefficient (Wildman–Crippen LogP) is 3.74. The van der Waals surface area contributed by atoms with Crippen LogP contribution in [-0.4, -0.2) is 39.0 Å². The second-order valence-corrected chi connectivity index (χ2v) is 7.25. The Morgan fingerprint density at radius 2 is 1.83 bits per heavy atom. The van der Waals surface area contributed by atoms with E-state index in [0.29, 0.717) is 16.3 Å². The van der Waals surface area contributed by atoms with Gasteiger partial charge >= 0.3 is 12.1 Å². The molecule has 2 aromatic rings. The molecule has 29 heavy (non-hydrogen) atoms. The topological polar surface area (TPSA) is 142 Å². The SMILES string of the molecule is CC(C)OC(=O)Nc1cccc(Cl)c1.CC(N)(Cc1ccc(O)c(O)c1)C(=O)O. The molecule has 1 atom stereocenters. The second kappa shape index (κ2) is 10.5. The van der Waals surface area contributed by atoms with Crippen LogP contribution in [0, 0.1) is 0 Å². The average Bonchev–Trinajstić information content (AvgIpc) is 2.57. The number of carboxylic acid groups (broad SMARTS) is 1. The summed E-state index contributed by atoms with van der Waals surface area (Å²) in [6.45, 7) is 4.97. The molecule has 6 N–H and O–H groups in total. The molecule has 0 radical (unpaired) electrons. The minimum Gasteiger partial charge on any atom is -0.504 e. The Labute approximate surface area is 173 Å². The molecule has 0 aliphatic rings. The summed E-state index contributed by atoms with van der Waals surface area (Å²) in [6.07, 6.45) is -0.521. The molecule has 0 aliphatic heterocycles. The number of nitrogens with two attached hydrogens (primary N) is 1. The van der Waals surface area contributed by atoms with E-state index in [1.807, 2.05) is 0 Å². The molecule has 0 heterocycles. The van der Waals surface area contributed by atoms with E-state index < -0.39 is 17.6 Å². The number of amides is 1. The fourth-order valence-corrected chi connectivity index (χ4v) is 2.30. The van der Waals surface area contributed by atoms with Crippen LogP contribution in [0.15, 0.2) is 42.5 Å². The third-order valence-electron chi connectivity index (χ3n) is 3.51. The van der Waals surface area contributed by atoms with Gasteiger partial charge in [-0.15, -0.1) is 0 Å². The Balaban J connectivity index is 0.000000291. The first-order valence-corrected chi connectivity index (χ1v) is 9.05. The third kappa shape index (κ3) is 8.71. The summed E-state index contributed by atoms with van der Waals surface area (Å²) < 4.78 is 4.90. The van der Waals surface area contributed by atoms with E-state index in [9.17, 15) is 14.7 Å². The minimum absolute atomic E-state index is 0.0795. The minimum atomic E-state index is -1.39. The number of nitrogens with one attached hydrogen (secondary N) is 1. The van der Waals surface area contributed by atoms with Gasteiger partial charge in [0.25, 0.3) is 0 Å². The van der Waals surface area contributed by atoms with E-state index >= 15 is 0 Å². The van der Waals surface area contributed by atoms with Crippen LogP contribution in [0.4, 0.5) is 10.5 Å². The number of aromatic hydroxyl groups is 2. The molecule has 158 valence electrons. The maximum absolute atomic E-state index is 11.2. The standard InChI is InChI=1S/C10H12ClNO2.C10H13NO4/c1-7(2)14-10(13)12-9-5-3-4-8(11)6-9;1-10(11,9(14)15)5-6-2-3-7(12)8(13)4-6/h3-7H,1-2H3,(H,12,13);2-4,12-13H,5,11H2,1H3,(H,14,15). The quantitative estimate of drug-likeness (QED) is 0.460. The summed E-state index contributed by atoms with van der Waals surface area (Å²) in [5.41, 5.74) is 5.33. The summed E-state index contributed by atoms with van der Waals surface area (Å²) in [5.74, 6) is -1.64. The molecule has 1 unspecified atom stereocenters. The number of carbonyl (C=O) groups excluding carboxylic acids is 1. The van der Waals surface area contributed by atoms with Crippen LogP contribution >= 0.6 is 11.6 Å². The summed E-state index contributed by atoms with van der Waals surface area (Å²) in [7, 11) is 0. The van der Waals surface area contributed by atoms with E-state index in [-0.39, 0.29) is 24.0 Å². The molecular weight excluding hydrogens is 400 g/mol. The first-order valence-electron chi connectivity index (χ1n) is 8.67. The number of halogens is 1. The van der Waals surface area contributed by atoms with Gasteiger partial charge in [0.1, 0.15) is 5.54 Å². The van der Waals surface area contributed by atoms with Crippen molar-refractivity contribution >= 4 is 29.4 Å². The highest BCUT2D eigenvalue weighted by Gasteiger charge is 2.28. The highest BCUT2D eigenvalue weighted by Crippen LogP contribution is 2.26. The fourth-order valence-electron chi connectivity index (χ4n) is 2.11. The van der Waals surface area contributed by atoms with Gasteiger partial charge in [-0.05, 0) is 56.7 Å². The van der Waals surface area contributed by atoms with Gasteiger partial charge in [-0.2, -0.15) is 0 Å². The van der Waals surface area contributed by atoms with E-state index in [0.717, 1.165) is 0 Å². The summed E-state index contributed by atoms with van der Waals surface area (Å²) in [6, 6.07) is 11.0. The van der Waals surface area contributed by atoms with Crippen molar-refractivity contribution in [2.24, 2.45) is 5.73 Å². The van der Waals surface area contributed by atoms with E-state index in [1.165, 1.54) is 25.1 Å². The van der Waals surface area contributed by atoms with Crippen molar-refractivity contribution in [3.63, 3.8) is 0 Å². The number of rotatable bonds is 5. The number of phenolic OH excluding ortho intramolecular Hbond substituents is 2. The molecule has 0 aliphatic carbocycles. The van der Waals surface area contributed by atoms with Crippen LogP contribution in [0.25, 0.3) is 0 Å². The second-order valence-electron chi connectivity index (χ2n) is 6.81. The molecular formula is C20H25ClN2O6. The maximum Gasteiger partial charge on any atom is 0.411 e. The lowest BCUT2D eigenvalue weighted by atomic mass is 9.94. The number of phenols is 2. The number of hydrogen-bond acceptors (Lipinski definition) is 6. The average molecular weight is 425 g/mol. The molecule has 0 saturated carbocycles. The molecule has 0 saturated heterocycles. The first-order chi connectivity index (χ1) is 13.4. The van der Waals surface area contributed by atoms with Crippen LogP contribution in [0.3, 0.4) is 0 Å². The van der Waals surface area contributed by atoms with Gasteiger partial charge in [-0.1, -0.05) is 23.7 Å². The van der Waals surface area contributed by atoms with Crippen molar-refractivity contribution < 1.29 is 29.6 Å².